The van der Waals surface area contributed by atoms with Crippen LogP contribution in [-0.4, -0.2) is 6.61 Å². The quantitative estimate of drug-likeness (QED) is 0.460. The maximum absolute atomic E-state index is 6.02. The highest BCUT2D eigenvalue weighted by atomic mass is 35.5. The van der Waals surface area contributed by atoms with E-state index < -0.39 is 0 Å². The number of hydrogen-bond donors (Lipinski definition) is 0. The van der Waals surface area contributed by atoms with Gasteiger partial charge in [0.2, 0.25) is 0 Å². The summed E-state index contributed by atoms with van der Waals surface area (Å²) in [4.78, 5) is 0. The molecule has 3 aromatic rings. The molecule has 0 fully saturated rings. The predicted octanol–water partition coefficient (Wildman–Crippen LogP) is 6.77. The third-order valence-corrected chi connectivity index (χ3v) is 4.15. The summed E-state index contributed by atoms with van der Waals surface area (Å²) < 4.78 is 11.9. The fourth-order valence-electron chi connectivity index (χ4n) is 2.49. The van der Waals surface area contributed by atoms with E-state index in [-0.39, 0.29) is 4.49 Å². The molecule has 25 heavy (non-hydrogen) atoms. The molecule has 0 aliphatic carbocycles. The average Bonchev–Trinajstić information content (AvgIpc) is 2.60. The summed E-state index contributed by atoms with van der Waals surface area (Å²) in [6.45, 7) is 0.740. The topological polar surface area (TPSA) is 18.5 Å². The second-order valence-electron chi connectivity index (χ2n) is 5.33. The van der Waals surface area contributed by atoms with Gasteiger partial charge >= 0.3 is 0 Å². The van der Waals surface area contributed by atoms with E-state index in [1.165, 1.54) is 0 Å². The Kier molecular flexibility index (Phi) is 6.09. The largest absolute Gasteiger partial charge is 0.489 e. The third kappa shape index (κ3) is 4.82. The van der Waals surface area contributed by atoms with Crippen LogP contribution in [0.25, 0.3) is 10.8 Å². The van der Waals surface area contributed by atoms with Gasteiger partial charge in [-0.3, -0.25) is 0 Å². The summed E-state index contributed by atoms with van der Waals surface area (Å²) in [5.41, 5.74) is 1.01. The molecule has 0 spiro atoms. The molecule has 0 aromatic heterocycles. The molecular formula is C20H15Cl3O2. The number of rotatable bonds is 6. The molecule has 0 unspecified atom stereocenters. The number of hydrogen-bond acceptors (Lipinski definition) is 2. The average molecular weight is 394 g/mol. The summed E-state index contributed by atoms with van der Waals surface area (Å²) in [7, 11) is 0. The number of ether oxygens (including phenoxy) is 2. The van der Waals surface area contributed by atoms with Crippen molar-refractivity contribution in [2.24, 2.45) is 0 Å². The Morgan fingerprint density at radius 1 is 0.840 bits per heavy atom. The van der Waals surface area contributed by atoms with E-state index in [0.717, 1.165) is 27.8 Å². The summed E-state index contributed by atoms with van der Waals surface area (Å²) in [6.07, 6.45) is 1.60. The molecule has 0 amide bonds. The van der Waals surface area contributed by atoms with Gasteiger partial charge in [0, 0.05) is 15.8 Å². The zero-order chi connectivity index (χ0) is 17.6. The molecular weight excluding hydrogens is 379 g/mol. The first-order valence-electron chi connectivity index (χ1n) is 7.66. The zero-order valence-electron chi connectivity index (χ0n) is 13.2. The van der Waals surface area contributed by atoms with Crippen LogP contribution in [0.4, 0.5) is 0 Å². The second-order valence-corrected chi connectivity index (χ2v) is 6.78. The number of benzene rings is 3. The molecule has 2 nitrogen and oxygen atoms in total. The van der Waals surface area contributed by atoms with Crippen LogP contribution in [0, 0.1) is 0 Å². The van der Waals surface area contributed by atoms with Gasteiger partial charge in [-0.15, -0.1) is 0 Å². The summed E-state index contributed by atoms with van der Waals surface area (Å²) >= 11 is 17.2. The maximum Gasteiger partial charge on any atom is 0.127 e. The van der Waals surface area contributed by atoms with Crippen molar-refractivity contribution in [1.29, 1.82) is 0 Å². The molecule has 0 aliphatic rings. The third-order valence-electron chi connectivity index (χ3n) is 3.60. The van der Waals surface area contributed by atoms with E-state index >= 15 is 0 Å². The van der Waals surface area contributed by atoms with E-state index in [1.54, 1.807) is 6.08 Å². The monoisotopic (exact) mass is 392 g/mol. The Labute approximate surface area is 161 Å². The van der Waals surface area contributed by atoms with Gasteiger partial charge in [-0.25, -0.2) is 0 Å². The van der Waals surface area contributed by atoms with Crippen molar-refractivity contribution in [3.05, 3.63) is 81.8 Å². The van der Waals surface area contributed by atoms with Crippen molar-refractivity contribution in [2.75, 3.05) is 6.61 Å². The molecule has 0 heterocycles. The Balaban J connectivity index is 1.83. The standard InChI is InChI=1S/C20H15Cl3O2/c21-15-5-1-4-14(12-15)13-25-19-9-3-6-16-17(19)7-2-8-18(16)24-11-10-20(22)23/h1-10,12H,11,13H2. The zero-order valence-corrected chi connectivity index (χ0v) is 15.5. The molecule has 0 aliphatic heterocycles. The van der Waals surface area contributed by atoms with Crippen LogP contribution in [0.1, 0.15) is 5.56 Å². The molecule has 3 rings (SSSR count). The molecule has 0 radical (unpaired) electrons. The lowest BCUT2D eigenvalue weighted by Gasteiger charge is -2.12. The Bertz CT molecular complexity index is 902. The van der Waals surface area contributed by atoms with Crippen LogP contribution < -0.4 is 9.47 Å². The van der Waals surface area contributed by atoms with Crippen LogP contribution in [-0.2, 0) is 6.61 Å². The van der Waals surface area contributed by atoms with Crippen molar-refractivity contribution >= 4 is 45.6 Å². The lowest BCUT2D eigenvalue weighted by Crippen LogP contribution is -1.97. The Morgan fingerprint density at radius 3 is 2.12 bits per heavy atom. The SMILES string of the molecule is ClC(Cl)=CCOc1cccc2c(OCc3cccc(Cl)c3)cccc12. The van der Waals surface area contributed by atoms with Gasteiger partial charge in [0.05, 0.1) is 0 Å². The first-order chi connectivity index (χ1) is 12.1. The van der Waals surface area contributed by atoms with Crippen molar-refractivity contribution in [1.82, 2.24) is 0 Å². The normalized spacial score (nSPS) is 10.5. The lowest BCUT2D eigenvalue weighted by molar-refractivity contribution is 0.310. The first kappa shape index (κ1) is 17.9. The van der Waals surface area contributed by atoms with Crippen molar-refractivity contribution < 1.29 is 9.47 Å². The molecule has 0 N–H and O–H groups in total. The van der Waals surface area contributed by atoms with Gasteiger partial charge in [0.15, 0.2) is 0 Å². The van der Waals surface area contributed by atoms with Gasteiger partial charge < -0.3 is 9.47 Å². The fourth-order valence-corrected chi connectivity index (χ4v) is 2.83. The van der Waals surface area contributed by atoms with Gasteiger partial charge in [0.1, 0.15) is 29.2 Å². The minimum Gasteiger partial charge on any atom is -0.489 e. The van der Waals surface area contributed by atoms with E-state index in [0.29, 0.717) is 18.2 Å². The van der Waals surface area contributed by atoms with E-state index in [2.05, 4.69) is 0 Å². The van der Waals surface area contributed by atoms with E-state index in [1.807, 2.05) is 60.7 Å². The first-order valence-corrected chi connectivity index (χ1v) is 8.80. The number of halogens is 3. The molecule has 0 bridgehead atoms. The molecule has 128 valence electrons. The van der Waals surface area contributed by atoms with Crippen molar-refractivity contribution in [3.8, 4) is 11.5 Å². The predicted molar refractivity (Wildman–Crippen MR) is 105 cm³/mol. The fraction of sp³-hybridized carbons (Fsp3) is 0.100. The summed E-state index contributed by atoms with van der Waals surface area (Å²) in [6, 6.07) is 19.3. The van der Waals surface area contributed by atoms with Crippen molar-refractivity contribution in [2.45, 2.75) is 6.61 Å². The van der Waals surface area contributed by atoms with Crippen molar-refractivity contribution in [3.63, 3.8) is 0 Å². The van der Waals surface area contributed by atoms with Gasteiger partial charge in [-0.1, -0.05) is 71.2 Å². The van der Waals surface area contributed by atoms with Gasteiger partial charge in [-0.05, 0) is 35.9 Å². The van der Waals surface area contributed by atoms with E-state index in [4.69, 9.17) is 44.3 Å². The van der Waals surface area contributed by atoms with Gasteiger partial charge in [0.25, 0.3) is 0 Å². The lowest BCUT2D eigenvalue weighted by atomic mass is 10.1. The van der Waals surface area contributed by atoms with Crippen LogP contribution in [0.2, 0.25) is 5.02 Å². The highest BCUT2D eigenvalue weighted by Crippen LogP contribution is 2.32. The van der Waals surface area contributed by atoms with Crippen LogP contribution >= 0.6 is 34.8 Å². The molecule has 5 heteroatoms. The number of fused-ring (bicyclic) bond motifs is 1. The molecule has 0 atom stereocenters. The van der Waals surface area contributed by atoms with Crippen LogP contribution in [0.5, 0.6) is 11.5 Å². The summed E-state index contributed by atoms with van der Waals surface area (Å²) in [5, 5.41) is 2.63. The smallest absolute Gasteiger partial charge is 0.127 e. The van der Waals surface area contributed by atoms with Crippen LogP contribution in [0.3, 0.4) is 0 Å². The van der Waals surface area contributed by atoms with Gasteiger partial charge in [-0.2, -0.15) is 0 Å². The Morgan fingerprint density at radius 2 is 1.48 bits per heavy atom. The molecule has 0 saturated heterocycles. The minimum absolute atomic E-state index is 0.186. The Hall–Kier alpha value is -1.87. The van der Waals surface area contributed by atoms with E-state index in [9.17, 15) is 0 Å². The highest BCUT2D eigenvalue weighted by Gasteiger charge is 2.07. The molecule has 3 aromatic carbocycles. The maximum atomic E-state index is 6.02. The minimum atomic E-state index is 0.186. The molecule has 0 saturated carbocycles. The van der Waals surface area contributed by atoms with Crippen LogP contribution in [0.15, 0.2) is 71.2 Å². The summed E-state index contributed by atoms with van der Waals surface area (Å²) in [5.74, 6) is 1.53. The second kappa shape index (κ2) is 8.48. The highest BCUT2D eigenvalue weighted by molar-refractivity contribution is 6.55.